The van der Waals surface area contributed by atoms with E-state index in [1.54, 1.807) is 13.8 Å². The van der Waals surface area contributed by atoms with E-state index < -0.39 is 35.8 Å². The summed E-state index contributed by atoms with van der Waals surface area (Å²) in [5, 5.41) is 8.51. The number of halogens is 2. The topological polar surface area (TPSA) is 134 Å². The molecule has 1 aliphatic rings. The number of nitrogens with one attached hydrogen (secondary N) is 3. The lowest BCUT2D eigenvalue weighted by atomic mass is 10.0. The maximum atomic E-state index is 13.4. The molecule has 0 aliphatic carbocycles. The van der Waals surface area contributed by atoms with Crippen LogP contribution in [-0.4, -0.2) is 80.1 Å². The number of carbonyl (C=O) groups is 5. The lowest BCUT2D eigenvalue weighted by Crippen LogP contribution is -2.64. The minimum atomic E-state index is -0.975. The number of allylic oxidation sites excluding steroid dienone is 3. The number of nitrogens with zero attached hydrogens (tertiary/aromatic N) is 1. The maximum Gasteiger partial charge on any atom is 0.246 e. The summed E-state index contributed by atoms with van der Waals surface area (Å²) in [6.07, 6.45) is 3.43. The van der Waals surface area contributed by atoms with Gasteiger partial charge in [-0.2, -0.15) is 0 Å². The van der Waals surface area contributed by atoms with Crippen LogP contribution in [0.3, 0.4) is 0 Å². The molecule has 12 heteroatoms. The predicted octanol–water partition coefficient (Wildman–Crippen LogP) is 0.996. The Balaban J connectivity index is 2.98. The SMILES string of the molecule is C=C/C(Cl)=C(OC)\C(Cl)=C/CC(=O)N[C@H](C(=O)N1CCNC[C@H]1C(=O)NC(C=O)CC=O)C(C)C. The average Bonchev–Trinajstić information content (AvgIpc) is 2.85. The minimum absolute atomic E-state index is 0.110. The van der Waals surface area contributed by atoms with Crippen molar-refractivity contribution in [2.45, 2.75) is 44.8 Å². The molecule has 1 rings (SSSR count). The summed E-state index contributed by atoms with van der Waals surface area (Å²) in [6.45, 7) is 7.92. The number of hydrogen-bond acceptors (Lipinski definition) is 7. The molecule has 0 radical (unpaired) electrons. The van der Waals surface area contributed by atoms with E-state index in [0.717, 1.165) is 0 Å². The number of amides is 3. The zero-order chi connectivity index (χ0) is 26.5. The summed E-state index contributed by atoms with van der Waals surface area (Å²) in [7, 11) is 1.38. The third-order valence-electron chi connectivity index (χ3n) is 5.20. The van der Waals surface area contributed by atoms with Crippen molar-refractivity contribution in [3.8, 4) is 0 Å². The lowest BCUT2D eigenvalue weighted by molar-refractivity contribution is -0.145. The number of carbonyl (C=O) groups excluding carboxylic acids is 5. The normalized spacial score (nSPS) is 18.6. The Hall–Kier alpha value is -2.69. The first-order valence-corrected chi connectivity index (χ1v) is 11.8. The molecule has 1 aliphatic heterocycles. The van der Waals surface area contributed by atoms with Crippen molar-refractivity contribution in [1.82, 2.24) is 20.9 Å². The highest BCUT2D eigenvalue weighted by atomic mass is 35.5. The molecule has 0 aromatic heterocycles. The zero-order valence-corrected chi connectivity index (χ0v) is 21.5. The van der Waals surface area contributed by atoms with Crippen LogP contribution in [0.5, 0.6) is 0 Å². The number of methoxy groups -OCH3 is 1. The molecule has 1 unspecified atom stereocenters. The van der Waals surface area contributed by atoms with Crippen LogP contribution in [0.2, 0.25) is 0 Å². The molecule has 3 N–H and O–H groups in total. The monoisotopic (exact) mass is 530 g/mol. The van der Waals surface area contributed by atoms with Crippen LogP contribution in [0.15, 0.2) is 34.6 Å². The van der Waals surface area contributed by atoms with E-state index in [4.69, 9.17) is 27.9 Å². The van der Waals surface area contributed by atoms with Crippen LogP contribution in [0.25, 0.3) is 0 Å². The highest BCUT2D eigenvalue weighted by Crippen LogP contribution is 2.23. The molecule has 0 spiro atoms. The first-order valence-electron chi connectivity index (χ1n) is 11.0. The number of hydrogen-bond donors (Lipinski definition) is 3. The van der Waals surface area contributed by atoms with E-state index in [-0.39, 0.29) is 47.7 Å². The Morgan fingerprint density at radius 3 is 2.46 bits per heavy atom. The van der Waals surface area contributed by atoms with Crippen molar-refractivity contribution in [3.05, 3.63) is 34.6 Å². The van der Waals surface area contributed by atoms with Gasteiger partial charge >= 0.3 is 0 Å². The highest BCUT2D eigenvalue weighted by Gasteiger charge is 2.37. The standard InChI is InChI=1S/C23H32Cl2N4O6/c1-5-16(24)21(35-4)17(25)6-7-19(32)28-20(14(2)3)23(34)29-10-9-26-12-18(29)22(33)27-15(13-31)8-11-30/h5-6,11,13-15,18,20,26H,1,7-10,12H2,2-4H3,(H,27,33)(H,28,32)/b17-6+,21-16-/t15?,18-,20-/m0/s1. The maximum absolute atomic E-state index is 13.4. The highest BCUT2D eigenvalue weighted by molar-refractivity contribution is 6.36. The van der Waals surface area contributed by atoms with Crippen LogP contribution in [0.1, 0.15) is 26.7 Å². The van der Waals surface area contributed by atoms with Crippen molar-refractivity contribution in [2.75, 3.05) is 26.7 Å². The molecule has 3 atom stereocenters. The van der Waals surface area contributed by atoms with E-state index in [1.165, 1.54) is 24.2 Å². The van der Waals surface area contributed by atoms with E-state index in [0.29, 0.717) is 19.1 Å². The van der Waals surface area contributed by atoms with Gasteiger partial charge in [-0.15, -0.1) is 0 Å². The van der Waals surface area contributed by atoms with E-state index in [1.807, 2.05) is 0 Å². The summed E-state index contributed by atoms with van der Waals surface area (Å²) in [5.74, 6) is -1.60. The van der Waals surface area contributed by atoms with Gasteiger partial charge in [-0.05, 0) is 12.0 Å². The van der Waals surface area contributed by atoms with Crippen LogP contribution in [-0.2, 0) is 28.7 Å². The fraction of sp³-hybridized carbons (Fsp3) is 0.522. The summed E-state index contributed by atoms with van der Waals surface area (Å²) >= 11 is 12.1. The molecular weight excluding hydrogens is 499 g/mol. The van der Waals surface area contributed by atoms with Crippen molar-refractivity contribution in [1.29, 1.82) is 0 Å². The Morgan fingerprint density at radius 2 is 1.91 bits per heavy atom. The van der Waals surface area contributed by atoms with Crippen molar-refractivity contribution in [2.24, 2.45) is 5.92 Å². The van der Waals surface area contributed by atoms with Crippen LogP contribution >= 0.6 is 23.2 Å². The second-order valence-electron chi connectivity index (χ2n) is 8.04. The quantitative estimate of drug-likeness (QED) is 0.183. The van der Waals surface area contributed by atoms with Gasteiger partial charge in [0, 0.05) is 32.5 Å². The van der Waals surface area contributed by atoms with Gasteiger partial charge in [-0.3, -0.25) is 14.4 Å². The molecule has 0 aromatic rings. The number of ether oxygens (including phenoxy) is 1. The Kier molecular flexibility index (Phi) is 13.3. The first-order chi connectivity index (χ1) is 16.6. The van der Waals surface area contributed by atoms with Gasteiger partial charge in [0.2, 0.25) is 17.7 Å². The molecule has 194 valence electrons. The van der Waals surface area contributed by atoms with Gasteiger partial charge in [-0.25, -0.2) is 0 Å². The number of aldehydes is 2. The predicted molar refractivity (Wildman–Crippen MR) is 132 cm³/mol. The van der Waals surface area contributed by atoms with Gasteiger partial charge in [0.05, 0.1) is 23.2 Å². The smallest absolute Gasteiger partial charge is 0.246 e. The van der Waals surface area contributed by atoms with E-state index >= 15 is 0 Å². The van der Waals surface area contributed by atoms with Crippen molar-refractivity contribution >= 4 is 53.5 Å². The summed E-state index contributed by atoms with van der Waals surface area (Å²) < 4.78 is 5.12. The fourth-order valence-electron chi connectivity index (χ4n) is 3.33. The minimum Gasteiger partial charge on any atom is -0.494 e. The Bertz CT molecular complexity index is 874. The van der Waals surface area contributed by atoms with Crippen LogP contribution < -0.4 is 16.0 Å². The molecule has 10 nitrogen and oxygen atoms in total. The zero-order valence-electron chi connectivity index (χ0n) is 20.0. The number of rotatable bonds is 13. The van der Waals surface area contributed by atoms with Crippen LogP contribution in [0.4, 0.5) is 0 Å². The van der Waals surface area contributed by atoms with Gasteiger partial charge in [-0.1, -0.05) is 49.7 Å². The summed E-state index contributed by atoms with van der Waals surface area (Å²) in [5.41, 5.74) is 0. The van der Waals surface area contributed by atoms with Crippen molar-refractivity contribution < 1.29 is 28.7 Å². The van der Waals surface area contributed by atoms with Gasteiger partial charge < -0.3 is 35.2 Å². The van der Waals surface area contributed by atoms with Gasteiger partial charge in [0.15, 0.2) is 5.76 Å². The second-order valence-corrected chi connectivity index (χ2v) is 8.85. The molecule has 1 saturated heterocycles. The van der Waals surface area contributed by atoms with Crippen LogP contribution in [0, 0.1) is 5.92 Å². The molecule has 0 saturated carbocycles. The van der Waals surface area contributed by atoms with Crippen molar-refractivity contribution in [3.63, 3.8) is 0 Å². The molecule has 35 heavy (non-hydrogen) atoms. The average molecular weight is 531 g/mol. The second kappa shape index (κ2) is 15.3. The van der Waals surface area contributed by atoms with Gasteiger partial charge in [0.1, 0.15) is 24.7 Å². The molecule has 0 bridgehead atoms. The largest absolute Gasteiger partial charge is 0.494 e. The summed E-state index contributed by atoms with van der Waals surface area (Å²) in [4.78, 5) is 61.9. The summed E-state index contributed by atoms with van der Waals surface area (Å²) in [6, 6.07) is -2.79. The number of piperazine rings is 1. The molecule has 3 amide bonds. The van der Waals surface area contributed by atoms with Gasteiger partial charge in [0.25, 0.3) is 0 Å². The molecular formula is C23H32Cl2N4O6. The fourth-order valence-corrected chi connectivity index (χ4v) is 3.82. The van der Waals surface area contributed by atoms with E-state index in [2.05, 4.69) is 22.5 Å². The Labute approximate surface area is 215 Å². The first kappa shape index (κ1) is 30.3. The molecule has 1 heterocycles. The third-order valence-corrected chi connectivity index (χ3v) is 5.86. The third kappa shape index (κ3) is 9.12. The Morgan fingerprint density at radius 1 is 1.23 bits per heavy atom. The molecule has 1 fully saturated rings. The molecule has 0 aromatic carbocycles. The van der Waals surface area contributed by atoms with E-state index in [9.17, 15) is 24.0 Å². The lowest BCUT2D eigenvalue weighted by Gasteiger charge is -2.38.